The van der Waals surface area contributed by atoms with E-state index in [0.29, 0.717) is 31.1 Å². The fourth-order valence-electron chi connectivity index (χ4n) is 5.25. The first kappa shape index (κ1) is 23.5. The number of carbonyl (C=O) groups excluding carboxylic acids is 1. The molecule has 34 heavy (non-hydrogen) atoms. The van der Waals surface area contributed by atoms with E-state index >= 15 is 0 Å². The van der Waals surface area contributed by atoms with Crippen molar-refractivity contribution >= 4 is 32.7 Å². The quantitative estimate of drug-likeness (QED) is 0.675. The summed E-state index contributed by atoms with van der Waals surface area (Å²) in [7, 11) is -3.47. The van der Waals surface area contributed by atoms with E-state index in [4.69, 9.17) is 9.72 Å². The fourth-order valence-corrected chi connectivity index (χ4v) is 6.80. The predicted molar refractivity (Wildman–Crippen MR) is 131 cm³/mol. The zero-order valence-electron chi connectivity index (χ0n) is 19.6. The average Bonchev–Trinajstić information content (AvgIpc) is 3.41. The Bertz CT molecular complexity index is 1130. The van der Waals surface area contributed by atoms with Gasteiger partial charge in [-0.25, -0.2) is 13.4 Å². The molecule has 2 atom stereocenters. The van der Waals surface area contributed by atoms with E-state index in [1.54, 1.807) is 22.5 Å². The minimum atomic E-state index is -3.47. The van der Waals surface area contributed by atoms with Gasteiger partial charge in [0.15, 0.2) is 0 Å². The van der Waals surface area contributed by atoms with Crippen LogP contribution in [0.1, 0.15) is 44.9 Å². The number of piperidine rings is 2. The SMILES string of the molecule is O=C(NC[C@@H]1CCCO1)[C@@H]1CCCN(c2ccc3cc(S(=O)(=O)N4CCCCC4)ccc3n2)C1. The van der Waals surface area contributed by atoms with Gasteiger partial charge in [-0.1, -0.05) is 6.42 Å². The highest BCUT2D eigenvalue weighted by atomic mass is 32.2. The van der Waals surface area contributed by atoms with Gasteiger partial charge >= 0.3 is 0 Å². The van der Waals surface area contributed by atoms with Crippen LogP contribution in [0.2, 0.25) is 0 Å². The Kier molecular flexibility index (Phi) is 7.04. The molecule has 1 aromatic carbocycles. The summed E-state index contributed by atoms with van der Waals surface area (Å²) in [6.45, 7) is 4.06. The number of rotatable bonds is 6. The van der Waals surface area contributed by atoms with Gasteiger partial charge in [-0.05, 0) is 68.9 Å². The number of nitrogens with zero attached hydrogens (tertiary/aromatic N) is 3. The smallest absolute Gasteiger partial charge is 0.243 e. The molecule has 3 saturated heterocycles. The van der Waals surface area contributed by atoms with E-state index in [2.05, 4.69) is 10.2 Å². The molecule has 3 aliphatic heterocycles. The summed E-state index contributed by atoms with van der Waals surface area (Å²) in [5, 5.41) is 3.88. The minimum Gasteiger partial charge on any atom is -0.376 e. The van der Waals surface area contributed by atoms with Gasteiger partial charge in [-0.2, -0.15) is 4.31 Å². The van der Waals surface area contributed by atoms with E-state index in [1.165, 1.54) is 0 Å². The summed E-state index contributed by atoms with van der Waals surface area (Å²) in [4.78, 5) is 20.0. The van der Waals surface area contributed by atoms with Crippen molar-refractivity contribution in [1.82, 2.24) is 14.6 Å². The van der Waals surface area contributed by atoms with Crippen LogP contribution in [0.4, 0.5) is 5.82 Å². The van der Waals surface area contributed by atoms with E-state index in [1.807, 2.05) is 12.1 Å². The molecule has 0 radical (unpaired) electrons. The van der Waals surface area contributed by atoms with Crippen molar-refractivity contribution in [1.29, 1.82) is 0 Å². The summed E-state index contributed by atoms with van der Waals surface area (Å²) < 4.78 is 33.3. The van der Waals surface area contributed by atoms with Crippen LogP contribution in [0, 0.1) is 5.92 Å². The Labute approximate surface area is 201 Å². The largest absolute Gasteiger partial charge is 0.376 e. The Balaban J connectivity index is 1.27. The number of nitrogens with one attached hydrogen (secondary N) is 1. The van der Waals surface area contributed by atoms with E-state index < -0.39 is 10.0 Å². The molecule has 0 bridgehead atoms. The number of pyridine rings is 1. The summed E-state index contributed by atoms with van der Waals surface area (Å²) in [6.07, 6.45) is 6.96. The molecule has 1 aromatic heterocycles. The third-order valence-electron chi connectivity index (χ3n) is 7.24. The average molecular weight is 487 g/mol. The topological polar surface area (TPSA) is 91.8 Å². The molecular formula is C25H34N4O4S. The van der Waals surface area contributed by atoms with Gasteiger partial charge < -0.3 is 15.0 Å². The molecule has 9 heteroatoms. The van der Waals surface area contributed by atoms with Gasteiger partial charge in [0.25, 0.3) is 0 Å². The van der Waals surface area contributed by atoms with Gasteiger partial charge in [0.2, 0.25) is 15.9 Å². The molecule has 0 aliphatic carbocycles. The van der Waals surface area contributed by atoms with Crippen molar-refractivity contribution < 1.29 is 17.9 Å². The molecule has 3 fully saturated rings. The second kappa shape index (κ2) is 10.2. The number of carbonyl (C=O) groups is 1. The third-order valence-corrected chi connectivity index (χ3v) is 9.14. The normalized spacial score (nSPS) is 24.4. The van der Waals surface area contributed by atoms with E-state index in [9.17, 15) is 13.2 Å². The van der Waals surface area contributed by atoms with Crippen LogP contribution in [0.15, 0.2) is 35.2 Å². The maximum Gasteiger partial charge on any atom is 0.243 e. The van der Waals surface area contributed by atoms with Gasteiger partial charge in [0.05, 0.1) is 22.4 Å². The number of aromatic nitrogens is 1. The van der Waals surface area contributed by atoms with Crippen molar-refractivity contribution in [2.45, 2.75) is 55.9 Å². The number of anilines is 1. The van der Waals surface area contributed by atoms with Crippen LogP contribution < -0.4 is 10.2 Å². The number of sulfonamides is 1. The molecular weight excluding hydrogens is 452 g/mol. The first-order chi connectivity index (χ1) is 16.5. The van der Waals surface area contributed by atoms with Crippen molar-refractivity contribution in [2.24, 2.45) is 5.92 Å². The van der Waals surface area contributed by atoms with Crippen LogP contribution in [-0.4, -0.2) is 69.0 Å². The van der Waals surface area contributed by atoms with Gasteiger partial charge in [-0.3, -0.25) is 4.79 Å². The minimum absolute atomic E-state index is 0.0651. The molecule has 184 valence electrons. The second-order valence-electron chi connectivity index (χ2n) is 9.65. The van der Waals surface area contributed by atoms with Gasteiger partial charge in [0.1, 0.15) is 5.82 Å². The second-order valence-corrected chi connectivity index (χ2v) is 11.6. The highest BCUT2D eigenvalue weighted by Crippen LogP contribution is 2.27. The number of fused-ring (bicyclic) bond motifs is 1. The molecule has 5 rings (SSSR count). The summed E-state index contributed by atoms with van der Waals surface area (Å²) in [5.41, 5.74) is 0.764. The third kappa shape index (κ3) is 5.06. The number of hydrogen-bond donors (Lipinski definition) is 1. The van der Waals surface area contributed by atoms with Crippen LogP contribution in [0.25, 0.3) is 10.9 Å². The number of hydrogen-bond acceptors (Lipinski definition) is 6. The predicted octanol–water partition coefficient (Wildman–Crippen LogP) is 2.92. The molecule has 8 nitrogen and oxygen atoms in total. The lowest BCUT2D eigenvalue weighted by Gasteiger charge is -2.33. The zero-order chi connectivity index (χ0) is 23.5. The molecule has 2 aromatic rings. The van der Waals surface area contributed by atoms with E-state index in [-0.39, 0.29) is 17.9 Å². The summed E-state index contributed by atoms with van der Waals surface area (Å²) >= 11 is 0. The Hall–Kier alpha value is -2.23. The molecule has 4 heterocycles. The lowest BCUT2D eigenvalue weighted by Crippen LogP contribution is -2.44. The standard InChI is InChI=1S/C25H34N4O4S/c30-25(26-17-21-7-5-15-33-21)20-6-4-12-28(18-20)24-11-8-19-16-22(9-10-23(19)27-24)34(31,32)29-13-2-1-3-14-29/h8-11,16,20-21H,1-7,12-15,17-18H2,(H,26,30)/t20-,21+/m1/s1. The van der Waals surface area contributed by atoms with E-state index in [0.717, 1.165) is 74.8 Å². The molecule has 0 spiro atoms. The maximum absolute atomic E-state index is 13.0. The van der Waals surface area contributed by atoms with Crippen LogP contribution in [0.3, 0.4) is 0 Å². The molecule has 0 saturated carbocycles. The monoisotopic (exact) mass is 486 g/mol. The summed E-state index contributed by atoms with van der Waals surface area (Å²) in [5.74, 6) is 0.856. The molecule has 0 unspecified atom stereocenters. The Morgan fingerprint density at radius 1 is 1.03 bits per heavy atom. The lowest BCUT2D eigenvalue weighted by atomic mass is 9.97. The highest BCUT2D eigenvalue weighted by Gasteiger charge is 2.28. The van der Waals surface area contributed by atoms with Gasteiger partial charge in [0, 0.05) is 44.7 Å². The number of ether oxygens (including phenoxy) is 1. The Morgan fingerprint density at radius 3 is 2.68 bits per heavy atom. The van der Waals surface area contributed by atoms with Crippen molar-refractivity contribution in [3.8, 4) is 0 Å². The molecule has 1 N–H and O–H groups in total. The first-order valence-corrected chi connectivity index (χ1v) is 14.0. The zero-order valence-corrected chi connectivity index (χ0v) is 20.4. The number of amides is 1. The van der Waals surface area contributed by atoms with Crippen molar-refractivity contribution in [2.75, 3.05) is 44.2 Å². The van der Waals surface area contributed by atoms with Gasteiger partial charge in [-0.15, -0.1) is 0 Å². The maximum atomic E-state index is 13.0. The summed E-state index contributed by atoms with van der Waals surface area (Å²) in [6, 6.07) is 9.07. The Morgan fingerprint density at radius 2 is 1.88 bits per heavy atom. The first-order valence-electron chi connectivity index (χ1n) is 12.6. The fraction of sp³-hybridized carbons (Fsp3) is 0.600. The van der Waals surface area contributed by atoms with Crippen LogP contribution >= 0.6 is 0 Å². The number of benzene rings is 1. The van der Waals surface area contributed by atoms with Crippen LogP contribution in [0.5, 0.6) is 0 Å². The van der Waals surface area contributed by atoms with Crippen molar-refractivity contribution in [3.63, 3.8) is 0 Å². The van der Waals surface area contributed by atoms with Crippen molar-refractivity contribution in [3.05, 3.63) is 30.3 Å². The highest BCUT2D eigenvalue weighted by molar-refractivity contribution is 7.89. The van der Waals surface area contributed by atoms with Crippen LogP contribution in [-0.2, 0) is 19.6 Å². The lowest BCUT2D eigenvalue weighted by molar-refractivity contribution is -0.125. The molecule has 1 amide bonds. The molecule has 3 aliphatic rings.